The smallest absolute Gasteiger partial charge is 0.0622 e. The van der Waals surface area contributed by atoms with Gasteiger partial charge in [0.05, 0.1) is 16.9 Å². The number of rotatable bonds is 1. The largest absolute Gasteiger partial charge is 0.381 e. The molecular formula is C12H15ClN2. The first-order valence-corrected chi connectivity index (χ1v) is 5.94. The molecule has 0 atom stereocenters. The monoisotopic (exact) mass is 222 g/mol. The summed E-state index contributed by atoms with van der Waals surface area (Å²) in [6.07, 6.45) is 2.61. The number of hydrogen-bond acceptors (Lipinski definition) is 2. The van der Waals surface area contributed by atoms with Gasteiger partial charge in [-0.2, -0.15) is 0 Å². The van der Waals surface area contributed by atoms with Crippen molar-refractivity contribution in [3.05, 3.63) is 23.2 Å². The first kappa shape index (κ1) is 9.34. The van der Waals surface area contributed by atoms with Crippen LogP contribution in [0, 0.1) is 0 Å². The van der Waals surface area contributed by atoms with Crippen LogP contribution in [0.5, 0.6) is 0 Å². The van der Waals surface area contributed by atoms with Gasteiger partial charge in [0.25, 0.3) is 0 Å². The number of likely N-dealkylation sites (N-methyl/N-ethyl adjacent to an activating group) is 1. The van der Waals surface area contributed by atoms with Crippen LogP contribution in [0.3, 0.4) is 0 Å². The number of anilines is 2. The van der Waals surface area contributed by atoms with Crippen molar-refractivity contribution in [2.45, 2.75) is 25.3 Å². The van der Waals surface area contributed by atoms with E-state index in [0.29, 0.717) is 5.54 Å². The summed E-state index contributed by atoms with van der Waals surface area (Å²) in [5.41, 5.74) is 2.89. The highest BCUT2D eigenvalue weighted by Gasteiger charge is 2.49. The number of halogens is 1. The zero-order chi connectivity index (χ0) is 10.5. The van der Waals surface area contributed by atoms with Gasteiger partial charge in [0.15, 0.2) is 0 Å². The van der Waals surface area contributed by atoms with Crippen LogP contribution in [0.2, 0.25) is 5.02 Å². The zero-order valence-electron chi connectivity index (χ0n) is 8.89. The van der Waals surface area contributed by atoms with Gasteiger partial charge >= 0.3 is 0 Å². The third kappa shape index (κ3) is 1.31. The molecule has 1 N–H and O–H groups in total. The quantitative estimate of drug-likeness (QED) is 0.786. The number of nitrogens with one attached hydrogen (secondary N) is 1. The van der Waals surface area contributed by atoms with Gasteiger partial charge < -0.3 is 10.2 Å². The number of hydrogen-bond donors (Lipinski definition) is 1. The number of nitrogens with zero attached hydrogens (tertiary/aromatic N) is 1. The van der Waals surface area contributed by atoms with E-state index in [1.54, 1.807) is 0 Å². The van der Waals surface area contributed by atoms with Gasteiger partial charge in [-0.3, -0.25) is 0 Å². The first-order valence-electron chi connectivity index (χ1n) is 5.56. The lowest BCUT2D eigenvalue weighted by Gasteiger charge is -2.39. The number of benzene rings is 1. The molecule has 0 radical (unpaired) electrons. The van der Waals surface area contributed by atoms with Crippen LogP contribution >= 0.6 is 11.6 Å². The Balaban J connectivity index is 2.08. The maximum atomic E-state index is 6.06. The van der Waals surface area contributed by atoms with Crippen LogP contribution in [-0.4, -0.2) is 18.6 Å². The fourth-order valence-corrected chi connectivity index (χ4v) is 2.75. The minimum Gasteiger partial charge on any atom is -0.381 e. The lowest BCUT2D eigenvalue weighted by atomic mass is 10.1. The minimum atomic E-state index is 0.395. The molecular weight excluding hydrogens is 208 g/mol. The number of fused-ring (bicyclic) bond motifs is 1. The fourth-order valence-electron chi connectivity index (χ4n) is 2.59. The molecule has 1 aliphatic heterocycles. The molecule has 1 aromatic carbocycles. The predicted octanol–water partition coefficient (Wildman–Crippen LogP) is 3.12. The Hall–Kier alpha value is -0.890. The maximum Gasteiger partial charge on any atom is 0.0622 e. The van der Waals surface area contributed by atoms with Crippen molar-refractivity contribution in [3.8, 4) is 0 Å². The molecule has 1 aliphatic carbocycles. The molecule has 1 saturated carbocycles. The van der Waals surface area contributed by atoms with Gasteiger partial charge in [-0.25, -0.2) is 0 Å². The van der Waals surface area contributed by atoms with Crippen molar-refractivity contribution >= 4 is 23.0 Å². The van der Waals surface area contributed by atoms with Crippen LogP contribution in [0.15, 0.2) is 18.2 Å². The highest BCUT2D eigenvalue weighted by atomic mass is 35.5. The Morgan fingerprint density at radius 1 is 1.47 bits per heavy atom. The van der Waals surface area contributed by atoms with Crippen LogP contribution in [0.25, 0.3) is 0 Å². The van der Waals surface area contributed by atoms with E-state index in [1.165, 1.54) is 24.2 Å². The van der Waals surface area contributed by atoms with E-state index in [-0.39, 0.29) is 0 Å². The minimum absolute atomic E-state index is 0.395. The highest BCUT2D eigenvalue weighted by Crippen LogP contribution is 2.49. The molecule has 15 heavy (non-hydrogen) atoms. The molecule has 80 valence electrons. The van der Waals surface area contributed by atoms with Gasteiger partial charge in [0, 0.05) is 18.1 Å². The van der Waals surface area contributed by atoms with E-state index in [4.69, 9.17) is 11.6 Å². The molecule has 0 bridgehead atoms. The van der Waals surface area contributed by atoms with Crippen molar-refractivity contribution < 1.29 is 0 Å². The first-order chi connectivity index (χ1) is 7.25. The normalized spacial score (nSPS) is 21.1. The van der Waals surface area contributed by atoms with E-state index in [2.05, 4.69) is 29.3 Å². The van der Waals surface area contributed by atoms with E-state index in [1.807, 2.05) is 6.07 Å². The summed E-state index contributed by atoms with van der Waals surface area (Å²) < 4.78 is 0. The van der Waals surface area contributed by atoms with Gasteiger partial charge in [0.1, 0.15) is 0 Å². The molecule has 3 heteroatoms. The average Bonchev–Trinajstić information content (AvgIpc) is 2.98. The summed E-state index contributed by atoms with van der Waals surface area (Å²) in [5.74, 6) is 0. The van der Waals surface area contributed by atoms with Gasteiger partial charge in [-0.15, -0.1) is 0 Å². The van der Waals surface area contributed by atoms with E-state index < -0.39 is 0 Å². The molecule has 2 aliphatic rings. The Bertz CT molecular complexity index is 399. The topological polar surface area (TPSA) is 15.3 Å². The zero-order valence-corrected chi connectivity index (χ0v) is 9.64. The third-order valence-corrected chi connectivity index (χ3v) is 3.81. The maximum absolute atomic E-state index is 6.06. The van der Waals surface area contributed by atoms with Crippen molar-refractivity contribution in [3.63, 3.8) is 0 Å². The lowest BCUT2D eigenvalue weighted by molar-refractivity contribution is 0.606. The molecule has 0 unspecified atom stereocenters. The molecule has 1 aromatic rings. The second kappa shape index (κ2) is 3.05. The van der Waals surface area contributed by atoms with Crippen molar-refractivity contribution in [1.82, 2.24) is 0 Å². The summed E-state index contributed by atoms with van der Waals surface area (Å²) in [5, 5.41) is 4.33. The Kier molecular flexibility index (Phi) is 1.90. The molecule has 0 aromatic heterocycles. The van der Waals surface area contributed by atoms with Gasteiger partial charge in [-0.05, 0) is 38.0 Å². The molecule has 2 nitrogen and oxygen atoms in total. The van der Waals surface area contributed by atoms with E-state index >= 15 is 0 Å². The molecule has 0 amide bonds. The summed E-state index contributed by atoms with van der Waals surface area (Å²) >= 11 is 6.06. The predicted molar refractivity (Wildman–Crippen MR) is 64.9 cm³/mol. The SMILES string of the molecule is CCN1c2cc(Cl)ccc2NCC12CC2. The summed E-state index contributed by atoms with van der Waals surface area (Å²) in [6.45, 7) is 4.36. The fraction of sp³-hybridized carbons (Fsp3) is 0.500. The van der Waals surface area contributed by atoms with Crippen molar-refractivity contribution in [2.75, 3.05) is 23.3 Å². The van der Waals surface area contributed by atoms with E-state index in [9.17, 15) is 0 Å². The van der Waals surface area contributed by atoms with Crippen molar-refractivity contribution in [1.29, 1.82) is 0 Å². The van der Waals surface area contributed by atoms with Crippen LogP contribution in [0.4, 0.5) is 11.4 Å². The Morgan fingerprint density at radius 3 is 2.93 bits per heavy atom. The van der Waals surface area contributed by atoms with Crippen LogP contribution in [0.1, 0.15) is 19.8 Å². The molecule has 3 rings (SSSR count). The second-order valence-electron chi connectivity index (χ2n) is 4.48. The Labute approximate surface area is 95.2 Å². The van der Waals surface area contributed by atoms with Gasteiger partial charge in [0.2, 0.25) is 0 Å². The lowest BCUT2D eigenvalue weighted by Crippen LogP contribution is -2.46. The van der Waals surface area contributed by atoms with Crippen LogP contribution < -0.4 is 10.2 Å². The average molecular weight is 223 g/mol. The van der Waals surface area contributed by atoms with Crippen LogP contribution in [-0.2, 0) is 0 Å². The second-order valence-corrected chi connectivity index (χ2v) is 4.92. The summed E-state index contributed by atoms with van der Waals surface area (Å²) in [4.78, 5) is 2.50. The standard InChI is InChI=1S/C12H15ClN2/c1-2-15-11-7-9(13)3-4-10(11)14-8-12(15)5-6-12/h3-4,7,14H,2,5-6,8H2,1H3. The third-order valence-electron chi connectivity index (χ3n) is 3.57. The Morgan fingerprint density at radius 2 is 2.27 bits per heavy atom. The highest BCUT2D eigenvalue weighted by molar-refractivity contribution is 6.31. The van der Waals surface area contributed by atoms with Gasteiger partial charge in [-0.1, -0.05) is 11.6 Å². The van der Waals surface area contributed by atoms with E-state index in [0.717, 1.165) is 18.1 Å². The summed E-state index contributed by atoms with van der Waals surface area (Å²) in [7, 11) is 0. The molecule has 1 fully saturated rings. The molecule has 0 saturated heterocycles. The molecule has 1 heterocycles. The molecule has 1 spiro atoms. The summed E-state index contributed by atoms with van der Waals surface area (Å²) in [6, 6.07) is 6.11. The van der Waals surface area contributed by atoms with Crippen molar-refractivity contribution in [2.24, 2.45) is 0 Å².